The summed E-state index contributed by atoms with van der Waals surface area (Å²) >= 11 is 6.12. The predicted molar refractivity (Wildman–Crippen MR) is 97.7 cm³/mol. The molecule has 0 bridgehead atoms. The van der Waals surface area contributed by atoms with Crippen LogP contribution in [0.15, 0.2) is 36.4 Å². The molecule has 0 aliphatic rings. The maximum absolute atomic E-state index is 12.4. The van der Waals surface area contributed by atoms with Gasteiger partial charge in [-0.2, -0.15) is 0 Å². The largest absolute Gasteiger partial charge is 0.492 e. The number of hydrogen-bond donors (Lipinski definition) is 1. The first kappa shape index (κ1) is 18.8. The number of benzene rings is 2. The Hall–Kier alpha value is -2.53. The smallest absolute Gasteiger partial charge is 0.338 e. The van der Waals surface area contributed by atoms with Gasteiger partial charge >= 0.3 is 5.97 Å². The molecule has 0 saturated carbocycles. The van der Waals surface area contributed by atoms with Crippen molar-refractivity contribution in [2.45, 2.75) is 20.8 Å². The van der Waals surface area contributed by atoms with E-state index in [4.69, 9.17) is 21.1 Å². The second kappa shape index (κ2) is 8.53. The summed E-state index contributed by atoms with van der Waals surface area (Å²) in [5.74, 6) is -0.144. The molecule has 0 radical (unpaired) electrons. The zero-order valence-electron chi connectivity index (χ0n) is 14.4. The summed E-state index contributed by atoms with van der Waals surface area (Å²) in [5, 5.41) is 3.19. The second-order valence-corrected chi connectivity index (χ2v) is 5.69. The molecular formula is C19H20ClNO4. The molecule has 0 saturated heterocycles. The van der Waals surface area contributed by atoms with Gasteiger partial charge in [0.15, 0.2) is 0 Å². The van der Waals surface area contributed by atoms with Gasteiger partial charge in [-0.25, -0.2) is 4.79 Å². The number of aryl methyl sites for hydroxylation is 1. The molecule has 0 aliphatic carbocycles. The van der Waals surface area contributed by atoms with E-state index < -0.39 is 0 Å². The van der Waals surface area contributed by atoms with Gasteiger partial charge in [-0.05, 0) is 62.7 Å². The third-order valence-corrected chi connectivity index (χ3v) is 3.78. The number of amides is 1. The monoisotopic (exact) mass is 361 g/mol. The van der Waals surface area contributed by atoms with Crippen LogP contribution in [-0.4, -0.2) is 25.1 Å². The van der Waals surface area contributed by atoms with Gasteiger partial charge in [0.2, 0.25) is 0 Å². The Morgan fingerprint density at radius 3 is 2.36 bits per heavy atom. The summed E-state index contributed by atoms with van der Waals surface area (Å²) < 4.78 is 10.3. The molecule has 0 aliphatic heterocycles. The summed E-state index contributed by atoms with van der Waals surface area (Å²) in [7, 11) is 0. The summed E-state index contributed by atoms with van der Waals surface area (Å²) in [6.45, 7) is 6.23. The lowest BCUT2D eigenvalue weighted by Crippen LogP contribution is -2.13. The molecule has 132 valence electrons. The highest BCUT2D eigenvalue weighted by Crippen LogP contribution is 2.26. The molecule has 0 fully saturated rings. The topological polar surface area (TPSA) is 64.6 Å². The number of anilines is 1. The lowest BCUT2D eigenvalue weighted by atomic mass is 10.1. The van der Waals surface area contributed by atoms with E-state index in [1.54, 1.807) is 43.3 Å². The van der Waals surface area contributed by atoms with Gasteiger partial charge < -0.3 is 14.8 Å². The van der Waals surface area contributed by atoms with Crippen LogP contribution < -0.4 is 10.1 Å². The van der Waals surface area contributed by atoms with Gasteiger partial charge in [0.25, 0.3) is 5.91 Å². The number of carbonyl (C=O) groups excluding carboxylic acids is 2. The summed E-state index contributed by atoms with van der Waals surface area (Å²) in [6, 6.07) is 9.84. The van der Waals surface area contributed by atoms with Gasteiger partial charge in [-0.1, -0.05) is 11.6 Å². The van der Waals surface area contributed by atoms with Crippen LogP contribution in [0.5, 0.6) is 5.75 Å². The van der Waals surface area contributed by atoms with Crippen molar-refractivity contribution in [1.29, 1.82) is 0 Å². The van der Waals surface area contributed by atoms with Crippen molar-refractivity contribution >= 4 is 29.2 Å². The quantitative estimate of drug-likeness (QED) is 0.770. The van der Waals surface area contributed by atoms with Crippen molar-refractivity contribution < 1.29 is 19.1 Å². The zero-order valence-corrected chi connectivity index (χ0v) is 15.1. The average molecular weight is 362 g/mol. The first-order valence-electron chi connectivity index (χ1n) is 7.97. The van der Waals surface area contributed by atoms with E-state index in [9.17, 15) is 9.59 Å². The number of carbonyl (C=O) groups is 2. The van der Waals surface area contributed by atoms with Crippen molar-refractivity contribution in [2.24, 2.45) is 0 Å². The molecule has 0 atom stereocenters. The molecular weight excluding hydrogens is 342 g/mol. The Morgan fingerprint density at radius 1 is 1.04 bits per heavy atom. The van der Waals surface area contributed by atoms with E-state index in [2.05, 4.69) is 5.32 Å². The van der Waals surface area contributed by atoms with Crippen molar-refractivity contribution in [3.63, 3.8) is 0 Å². The van der Waals surface area contributed by atoms with Crippen molar-refractivity contribution in [2.75, 3.05) is 18.5 Å². The normalized spacial score (nSPS) is 10.2. The number of nitrogens with one attached hydrogen (secondary N) is 1. The molecule has 2 aromatic rings. The third-order valence-electron chi connectivity index (χ3n) is 3.48. The van der Waals surface area contributed by atoms with Crippen LogP contribution in [0.2, 0.25) is 5.02 Å². The van der Waals surface area contributed by atoms with E-state index in [1.807, 2.05) is 13.8 Å². The molecule has 0 spiro atoms. The van der Waals surface area contributed by atoms with Crippen LogP contribution in [0, 0.1) is 6.92 Å². The molecule has 6 heteroatoms. The minimum atomic E-state index is -0.387. The maximum Gasteiger partial charge on any atom is 0.338 e. The van der Waals surface area contributed by atoms with Crippen LogP contribution >= 0.6 is 11.6 Å². The SMILES string of the molecule is CCOC(=O)c1ccc(NC(=O)c2ccc(OCC)c(Cl)c2)c(C)c1. The predicted octanol–water partition coefficient (Wildman–Crippen LogP) is 4.48. The first-order valence-corrected chi connectivity index (χ1v) is 8.35. The number of hydrogen-bond acceptors (Lipinski definition) is 4. The van der Waals surface area contributed by atoms with Crippen LogP contribution in [0.3, 0.4) is 0 Å². The van der Waals surface area contributed by atoms with E-state index in [1.165, 1.54) is 0 Å². The molecule has 0 aromatic heterocycles. The van der Waals surface area contributed by atoms with E-state index in [-0.39, 0.29) is 11.9 Å². The Balaban J connectivity index is 2.15. The molecule has 5 nitrogen and oxygen atoms in total. The van der Waals surface area contributed by atoms with Gasteiger partial charge in [0.05, 0.1) is 23.8 Å². The Morgan fingerprint density at radius 2 is 1.76 bits per heavy atom. The van der Waals surface area contributed by atoms with Crippen LogP contribution in [-0.2, 0) is 4.74 Å². The second-order valence-electron chi connectivity index (χ2n) is 5.28. The van der Waals surface area contributed by atoms with Gasteiger partial charge in [-0.3, -0.25) is 4.79 Å². The molecule has 1 N–H and O–H groups in total. The highest BCUT2D eigenvalue weighted by Gasteiger charge is 2.13. The Labute approximate surface area is 151 Å². The third kappa shape index (κ3) is 4.73. The Bertz CT molecular complexity index is 789. The molecule has 2 aromatic carbocycles. The zero-order chi connectivity index (χ0) is 18.4. The standard InChI is InChI=1S/C19H20ClNO4/c1-4-24-17-9-7-13(11-15(17)20)18(22)21-16-8-6-14(10-12(16)3)19(23)25-5-2/h6-11H,4-5H2,1-3H3,(H,21,22). The number of halogens is 1. The van der Waals surface area contributed by atoms with Crippen LogP contribution in [0.4, 0.5) is 5.69 Å². The van der Waals surface area contributed by atoms with Crippen LogP contribution in [0.1, 0.15) is 40.1 Å². The molecule has 1 amide bonds. The van der Waals surface area contributed by atoms with Gasteiger partial charge in [0.1, 0.15) is 5.75 Å². The van der Waals surface area contributed by atoms with E-state index >= 15 is 0 Å². The Kier molecular flexibility index (Phi) is 6.42. The molecule has 0 unspecified atom stereocenters. The fourth-order valence-electron chi connectivity index (χ4n) is 2.25. The maximum atomic E-state index is 12.4. The summed E-state index contributed by atoms with van der Waals surface area (Å²) in [5.41, 5.74) is 2.24. The fraction of sp³-hybridized carbons (Fsp3) is 0.263. The van der Waals surface area contributed by atoms with E-state index in [0.717, 1.165) is 5.56 Å². The number of rotatable bonds is 6. The average Bonchev–Trinajstić information content (AvgIpc) is 2.58. The van der Waals surface area contributed by atoms with E-state index in [0.29, 0.717) is 40.8 Å². The van der Waals surface area contributed by atoms with Gasteiger partial charge in [-0.15, -0.1) is 0 Å². The molecule has 25 heavy (non-hydrogen) atoms. The summed E-state index contributed by atoms with van der Waals surface area (Å²) in [4.78, 5) is 24.1. The van der Waals surface area contributed by atoms with Crippen molar-refractivity contribution in [3.8, 4) is 5.75 Å². The number of esters is 1. The first-order chi connectivity index (χ1) is 12.0. The van der Waals surface area contributed by atoms with Gasteiger partial charge in [0, 0.05) is 11.3 Å². The lowest BCUT2D eigenvalue weighted by molar-refractivity contribution is 0.0526. The highest BCUT2D eigenvalue weighted by atomic mass is 35.5. The van der Waals surface area contributed by atoms with Crippen molar-refractivity contribution in [3.05, 3.63) is 58.1 Å². The van der Waals surface area contributed by atoms with Crippen molar-refractivity contribution in [1.82, 2.24) is 0 Å². The number of ether oxygens (including phenoxy) is 2. The minimum absolute atomic E-state index is 0.295. The lowest BCUT2D eigenvalue weighted by Gasteiger charge is -2.11. The minimum Gasteiger partial charge on any atom is -0.492 e. The summed E-state index contributed by atoms with van der Waals surface area (Å²) in [6.07, 6.45) is 0. The fourth-order valence-corrected chi connectivity index (χ4v) is 2.49. The molecule has 2 rings (SSSR count). The van der Waals surface area contributed by atoms with Crippen LogP contribution in [0.25, 0.3) is 0 Å². The molecule has 0 heterocycles. The highest BCUT2D eigenvalue weighted by molar-refractivity contribution is 6.32.